The number of ether oxygens (including phenoxy) is 1. The highest BCUT2D eigenvalue weighted by molar-refractivity contribution is 5.82. The fourth-order valence-electron chi connectivity index (χ4n) is 3.85. The lowest BCUT2D eigenvalue weighted by Crippen LogP contribution is -2.40. The first-order chi connectivity index (χ1) is 14.6. The smallest absolute Gasteiger partial charge is 0.227 e. The van der Waals surface area contributed by atoms with Gasteiger partial charge in [0, 0.05) is 19.3 Å². The minimum absolute atomic E-state index is 0.0943. The molecule has 1 saturated heterocycles. The summed E-state index contributed by atoms with van der Waals surface area (Å²) >= 11 is 0. The fraction of sp³-hybridized carbons (Fsp3) is 0.280. The van der Waals surface area contributed by atoms with Gasteiger partial charge in [0.25, 0.3) is 0 Å². The molecule has 0 saturated carbocycles. The van der Waals surface area contributed by atoms with Gasteiger partial charge in [-0.2, -0.15) is 0 Å². The van der Waals surface area contributed by atoms with Crippen LogP contribution in [0.25, 0.3) is 0 Å². The molecule has 1 atom stereocenters. The number of nitrogens with one attached hydrogen (secondary N) is 1. The molecule has 0 radical (unpaired) electrons. The second-order valence-electron chi connectivity index (χ2n) is 8.09. The van der Waals surface area contributed by atoms with Gasteiger partial charge in [0.2, 0.25) is 5.91 Å². The maximum Gasteiger partial charge on any atom is 0.227 e. The number of para-hydroxylation sites is 1. The number of carbonyl (C=O) groups is 1. The number of aromatic nitrogens is 1. The minimum Gasteiger partial charge on any atom is -0.457 e. The van der Waals surface area contributed by atoms with Crippen LogP contribution in [-0.4, -0.2) is 28.9 Å². The first-order valence-electron chi connectivity index (χ1n) is 10.3. The first kappa shape index (κ1) is 20.1. The number of rotatable bonds is 7. The zero-order valence-electron chi connectivity index (χ0n) is 17.3. The van der Waals surface area contributed by atoms with Gasteiger partial charge in [-0.1, -0.05) is 36.4 Å². The van der Waals surface area contributed by atoms with E-state index < -0.39 is 0 Å². The zero-order chi connectivity index (χ0) is 20.8. The Bertz CT molecular complexity index is 978. The van der Waals surface area contributed by atoms with Crippen molar-refractivity contribution in [2.45, 2.75) is 26.4 Å². The number of amides is 1. The summed E-state index contributed by atoms with van der Waals surface area (Å²) in [4.78, 5) is 19.4. The molecule has 1 amide bonds. The molecule has 5 heteroatoms. The predicted molar refractivity (Wildman–Crippen MR) is 117 cm³/mol. The Balaban J connectivity index is 1.33. The molecule has 1 aliphatic rings. The molecule has 4 rings (SSSR count). The molecule has 1 aliphatic heterocycles. The molecule has 1 aromatic heterocycles. The topological polar surface area (TPSA) is 54.5 Å². The summed E-state index contributed by atoms with van der Waals surface area (Å²) in [5, 5.41) is 3.05. The molecule has 2 heterocycles. The molecule has 3 aromatic rings. The maximum absolute atomic E-state index is 12.8. The molecule has 1 N–H and O–H groups in total. The van der Waals surface area contributed by atoms with Gasteiger partial charge in [-0.3, -0.25) is 14.7 Å². The van der Waals surface area contributed by atoms with Gasteiger partial charge < -0.3 is 10.1 Å². The van der Waals surface area contributed by atoms with E-state index in [0.29, 0.717) is 6.54 Å². The third-order valence-corrected chi connectivity index (χ3v) is 5.54. The summed E-state index contributed by atoms with van der Waals surface area (Å²) in [7, 11) is 0. The summed E-state index contributed by atoms with van der Waals surface area (Å²) in [5.41, 5.74) is 1.67. The van der Waals surface area contributed by atoms with Crippen molar-refractivity contribution in [2.24, 2.45) is 5.41 Å². The van der Waals surface area contributed by atoms with E-state index in [1.165, 1.54) is 5.56 Å². The number of likely N-dealkylation sites (tertiary alicyclic amines) is 1. The summed E-state index contributed by atoms with van der Waals surface area (Å²) in [6, 6.07) is 23.7. The minimum atomic E-state index is -0.382. The molecular formula is C25H27N3O2. The third kappa shape index (κ3) is 5.05. The zero-order valence-corrected chi connectivity index (χ0v) is 17.3. The second-order valence-corrected chi connectivity index (χ2v) is 8.09. The molecular weight excluding hydrogens is 374 g/mol. The van der Waals surface area contributed by atoms with Crippen molar-refractivity contribution in [3.8, 4) is 11.5 Å². The SMILES string of the molecule is C[C@@]1(C(=O)NCc2ccccn2)CCN(Cc2cccc(Oc3ccccc3)c2)C1. The summed E-state index contributed by atoms with van der Waals surface area (Å²) in [5.74, 6) is 1.75. The van der Waals surface area contributed by atoms with Gasteiger partial charge in [0.15, 0.2) is 0 Å². The highest BCUT2D eigenvalue weighted by atomic mass is 16.5. The number of benzene rings is 2. The quantitative estimate of drug-likeness (QED) is 0.637. The fourth-order valence-corrected chi connectivity index (χ4v) is 3.85. The Labute approximate surface area is 177 Å². The van der Waals surface area contributed by atoms with Crippen molar-refractivity contribution in [3.05, 3.63) is 90.3 Å². The van der Waals surface area contributed by atoms with E-state index in [1.54, 1.807) is 6.20 Å². The Morgan fingerprint density at radius 3 is 2.67 bits per heavy atom. The van der Waals surface area contributed by atoms with Crippen LogP contribution in [-0.2, 0) is 17.9 Å². The average Bonchev–Trinajstić information content (AvgIpc) is 3.15. The number of pyridine rings is 1. The van der Waals surface area contributed by atoms with Crippen LogP contribution in [0.4, 0.5) is 0 Å². The summed E-state index contributed by atoms with van der Waals surface area (Å²) < 4.78 is 5.95. The molecule has 0 aliphatic carbocycles. The van der Waals surface area contributed by atoms with E-state index in [0.717, 1.165) is 43.2 Å². The molecule has 2 aromatic carbocycles. The van der Waals surface area contributed by atoms with Crippen molar-refractivity contribution < 1.29 is 9.53 Å². The highest BCUT2D eigenvalue weighted by Gasteiger charge is 2.40. The lowest BCUT2D eigenvalue weighted by atomic mass is 9.88. The van der Waals surface area contributed by atoms with Gasteiger partial charge in [-0.05, 0) is 61.9 Å². The van der Waals surface area contributed by atoms with Crippen LogP contribution < -0.4 is 10.1 Å². The maximum atomic E-state index is 12.8. The molecule has 0 bridgehead atoms. The van der Waals surface area contributed by atoms with Crippen LogP contribution in [0.15, 0.2) is 79.0 Å². The van der Waals surface area contributed by atoms with Gasteiger partial charge in [0.05, 0.1) is 17.7 Å². The van der Waals surface area contributed by atoms with Gasteiger partial charge >= 0.3 is 0 Å². The van der Waals surface area contributed by atoms with Crippen LogP contribution in [0.2, 0.25) is 0 Å². The summed E-state index contributed by atoms with van der Waals surface area (Å²) in [6.45, 7) is 4.96. The van der Waals surface area contributed by atoms with Crippen LogP contribution in [0, 0.1) is 5.41 Å². The Morgan fingerprint density at radius 2 is 1.87 bits per heavy atom. The number of hydrogen-bond donors (Lipinski definition) is 1. The first-order valence-corrected chi connectivity index (χ1v) is 10.3. The monoisotopic (exact) mass is 401 g/mol. The van der Waals surface area contributed by atoms with E-state index in [1.807, 2.05) is 60.7 Å². The summed E-state index contributed by atoms with van der Waals surface area (Å²) in [6.07, 6.45) is 2.59. The van der Waals surface area contributed by atoms with Gasteiger partial charge in [0.1, 0.15) is 11.5 Å². The van der Waals surface area contributed by atoms with Crippen molar-refractivity contribution in [3.63, 3.8) is 0 Å². The molecule has 1 fully saturated rings. The van der Waals surface area contributed by atoms with Crippen LogP contribution in [0.1, 0.15) is 24.6 Å². The van der Waals surface area contributed by atoms with Crippen molar-refractivity contribution in [1.29, 1.82) is 0 Å². The lowest BCUT2D eigenvalue weighted by Gasteiger charge is -2.24. The van der Waals surface area contributed by atoms with E-state index in [4.69, 9.17) is 4.74 Å². The van der Waals surface area contributed by atoms with Crippen LogP contribution in [0.3, 0.4) is 0 Å². The molecule has 0 spiro atoms. The van der Waals surface area contributed by atoms with Crippen LogP contribution >= 0.6 is 0 Å². The van der Waals surface area contributed by atoms with E-state index in [2.05, 4.69) is 34.3 Å². The Kier molecular flexibility index (Phi) is 6.10. The lowest BCUT2D eigenvalue weighted by molar-refractivity contribution is -0.129. The van der Waals surface area contributed by atoms with Gasteiger partial charge in [-0.25, -0.2) is 0 Å². The van der Waals surface area contributed by atoms with Crippen molar-refractivity contribution >= 4 is 5.91 Å². The second kappa shape index (κ2) is 9.09. The normalized spacial score (nSPS) is 18.8. The standard InChI is InChI=1S/C25H27N3O2/c1-25(24(29)27-17-21-9-5-6-14-26-21)13-15-28(19-25)18-20-8-7-12-23(16-20)30-22-10-3-2-4-11-22/h2-12,14,16H,13,15,17-19H2,1H3,(H,27,29)/t25-/m1/s1. The number of carbonyl (C=O) groups excluding carboxylic acids is 1. The largest absolute Gasteiger partial charge is 0.457 e. The van der Waals surface area contributed by atoms with E-state index in [9.17, 15) is 4.79 Å². The molecule has 5 nitrogen and oxygen atoms in total. The number of nitrogens with zero attached hydrogens (tertiary/aromatic N) is 2. The van der Waals surface area contributed by atoms with Crippen LogP contribution in [0.5, 0.6) is 11.5 Å². The van der Waals surface area contributed by atoms with E-state index >= 15 is 0 Å². The molecule has 30 heavy (non-hydrogen) atoms. The highest BCUT2D eigenvalue weighted by Crippen LogP contribution is 2.32. The predicted octanol–water partition coefficient (Wildman–Crippen LogP) is 4.40. The number of hydrogen-bond acceptors (Lipinski definition) is 4. The molecule has 154 valence electrons. The van der Waals surface area contributed by atoms with Crippen molar-refractivity contribution in [1.82, 2.24) is 15.2 Å². The Hall–Kier alpha value is -3.18. The Morgan fingerprint density at radius 1 is 1.07 bits per heavy atom. The third-order valence-electron chi connectivity index (χ3n) is 5.54. The average molecular weight is 402 g/mol. The van der Waals surface area contributed by atoms with Gasteiger partial charge in [-0.15, -0.1) is 0 Å². The molecule has 0 unspecified atom stereocenters. The van der Waals surface area contributed by atoms with Crippen molar-refractivity contribution in [2.75, 3.05) is 13.1 Å². The van der Waals surface area contributed by atoms with E-state index in [-0.39, 0.29) is 11.3 Å².